The zero-order valence-corrected chi connectivity index (χ0v) is 20.6. The van der Waals surface area contributed by atoms with Crippen molar-refractivity contribution in [1.29, 1.82) is 0 Å². The van der Waals surface area contributed by atoms with Gasteiger partial charge in [0.05, 0.1) is 20.8 Å². The molecule has 0 unspecified atom stereocenters. The maximum absolute atomic E-state index is 13.1. The second-order valence-electron chi connectivity index (χ2n) is 7.03. The number of imide groups is 1. The molecule has 0 bridgehead atoms. The summed E-state index contributed by atoms with van der Waals surface area (Å²) in [6, 6.07) is 18.6. The lowest BCUT2D eigenvalue weighted by atomic mass is 10.1. The number of benzene rings is 3. The standard InChI is InChI=1S/C25H19FINO4S/c1-2-31-21-13-17(12-20(27)23(21)32-15-16-8-10-18(26)11-9-16)14-22-24(29)28(25(30)33-22)19-6-4-3-5-7-19/h3-14H,2,15H2,1H3/b22-14-. The summed E-state index contributed by atoms with van der Waals surface area (Å²) >= 11 is 3.05. The van der Waals surface area contributed by atoms with E-state index >= 15 is 0 Å². The van der Waals surface area contributed by atoms with Crippen LogP contribution >= 0.6 is 34.4 Å². The van der Waals surface area contributed by atoms with Crippen LogP contribution in [-0.2, 0) is 11.4 Å². The van der Waals surface area contributed by atoms with Crippen LogP contribution in [0.15, 0.2) is 71.6 Å². The molecule has 3 aromatic carbocycles. The summed E-state index contributed by atoms with van der Waals surface area (Å²) in [4.78, 5) is 26.9. The minimum absolute atomic E-state index is 0.256. The van der Waals surface area contributed by atoms with E-state index in [1.807, 2.05) is 19.1 Å². The number of rotatable bonds is 7. The maximum atomic E-state index is 13.1. The molecular formula is C25H19FINO4S. The van der Waals surface area contributed by atoms with Crippen molar-refractivity contribution in [3.8, 4) is 11.5 Å². The number of hydrogen-bond donors (Lipinski definition) is 0. The number of anilines is 1. The van der Waals surface area contributed by atoms with Gasteiger partial charge in [0.25, 0.3) is 11.1 Å². The van der Waals surface area contributed by atoms with E-state index in [4.69, 9.17) is 9.47 Å². The topological polar surface area (TPSA) is 55.8 Å². The third-order valence-corrected chi connectivity index (χ3v) is 6.40. The molecule has 0 spiro atoms. The van der Waals surface area contributed by atoms with Crippen LogP contribution < -0.4 is 14.4 Å². The van der Waals surface area contributed by atoms with Crippen molar-refractivity contribution in [2.24, 2.45) is 0 Å². The number of para-hydroxylation sites is 1. The van der Waals surface area contributed by atoms with E-state index in [2.05, 4.69) is 22.6 Å². The number of carbonyl (C=O) groups is 2. The summed E-state index contributed by atoms with van der Waals surface area (Å²) < 4.78 is 25.7. The molecule has 2 amide bonds. The number of nitrogens with zero attached hydrogens (tertiary/aromatic N) is 1. The van der Waals surface area contributed by atoms with Gasteiger partial charge in [-0.3, -0.25) is 9.59 Å². The molecule has 8 heteroatoms. The van der Waals surface area contributed by atoms with E-state index in [0.29, 0.717) is 28.7 Å². The number of hydrogen-bond acceptors (Lipinski definition) is 5. The average Bonchev–Trinajstić information content (AvgIpc) is 3.08. The van der Waals surface area contributed by atoms with E-state index in [1.54, 1.807) is 48.5 Å². The predicted molar refractivity (Wildman–Crippen MR) is 136 cm³/mol. The molecule has 1 aliphatic rings. The van der Waals surface area contributed by atoms with Gasteiger partial charge in [-0.1, -0.05) is 30.3 Å². The second-order valence-corrected chi connectivity index (χ2v) is 9.19. The van der Waals surface area contributed by atoms with Crippen molar-refractivity contribution in [2.45, 2.75) is 13.5 Å². The molecule has 168 valence electrons. The third-order valence-electron chi connectivity index (χ3n) is 4.73. The monoisotopic (exact) mass is 575 g/mol. The number of thioether (sulfide) groups is 1. The molecule has 0 radical (unpaired) electrons. The van der Waals surface area contributed by atoms with Crippen LogP contribution in [0.3, 0.4) is 0 Å². The molecule has 3 aromatic rings. The molecule has 0 atom stereocenters. The number of halogens is 2. The Labute approximate surface area is 208 Å². The van der Waals surface area contributed by atoms with Crippen LogP contribution in [0, 0.1) is 9.39 Å². The van der Waals surface area contributed by atoms with Gasteiger partial charge < -0.3 is 9.47 Å². The number of carbonyl (C=O) groups excluding carboxylic acids is 2. The Kier molecular flexibility index (Phi) is 7.34. The molecule has 0 N–H and O–H groups in total. The van der Waals surface area contributed by atoms with Gasteiger partial charge in [0.2, 0.25) is 0 Å². The van der Waals surface area contributed by atoms with E-state index < -0.39 is 0 Å². The number of ether oxygens (including phenoxy) is 2. The highest BCUT2D eigenvalue weighted by Gasteiger charge is 2.36. The lowest BCUT2D eigenvalue weighted by Crippen LogP contribution is -2.27. The van der Waals surface area contributed by atoms with Crippen molar-refractivity contribution in [2.75, 3.05) is 11.5 Å². The zero-order valence-electron chi connectivity index (χ0n) is 17.6. The quantitative estimate of drug-likeness (QED) is 0.233. The smallest absolute Gasteiger partial charge is 0.298 e. The van der Waals surface area contributed by atoms with Gasteiger partial charge in [-0.05, 0) is 94.9 Å². The molecule has 1 fully saturated rings. The van der Waals surface area contributed by atoms with Crippen LogP contribution in [0.4, 0.5) is 14.9 Å². The molecule has 0 aromatic heterocycles. The SMILES string of the molecule is CCOc1cc(/C=C2\SC(=O)N(c3ccccc3)C2=O)cc(I)c1OCc1ccc(F)cc1. The van der Waals surface area contributed by atoms with Gasteiger partial charge in [-0.15, -0.1) is 0 Å². The molecule has 0 aliphatic carbocycles. The van der Waals surface area contributed by atoms with Crippen LogP contribution in [-0.4, -0.2) is 17.8 Å². The van der Waals surface area contributed by atoms with Gasteiger partial charge in [-0.25, -0.2) is 9.29 Å². The van der Waals surface area contributed by atoms with Gasteiger partial charge in [0.1, 0.15) is 12.4 Å². The van der Waals surface area contributed by atoms with Crippen LogP contribution in [0.25, 0.3) is 6.08 Å². The fourth-order valence-electron chi connectivity index (χ4n) is 3.23. The van der Waals surface area contributed by atoms with Crippen molar-refractivity contribution < 1.29 is 23.5 Å². The normalized spacial score (nSPS) is 14.8. The van der Waals surface area contributed by atoms with Crippen molar-refractivity contribution in [3.63, 3.8) is 0 Å². The summed E-state index contributed by atoms with van der Waals surface area (Å²) in [5.41, 5.74) is 2.08. The predicted octanol–water partition coefficient (Wildman–Crippen LogP) is 6.65. The first-order valence-corrected chi connectivity index (χ1v) is 12.0. The van der Waals surface area contributed by atoms with E-state index in [9.17, 15) is 14.0 Å². The highest BCUT2D eigenvalue weighted by Crippen LogP contribution is 2.39. The summed E-state index contributed by atoms with van der Waals surface area (Å²) in [5, 5.41) is -0.337. The van der Waals surface area contributed by atoms with Gasteiger partial charge in [0, 0.05) is 0 Å². The summed E-state index contributed by atoms with van der Waals surface area (Å²) in [7, 11) is 0. The van der Waals surface area contributed by atoms with Crippen LogP contribution in [0.5, 0.6) is 11.5 Å². The minimum Gasteiger partial charge on any atom is -0.490 e. The molecule has 1 aliphatic heterocycles. The third kappa shape index (κ3) is 5.39. The molecule has 1 saturated heterocycles. The lowest BCUT2D eigenvalue weighted by Gasteiger charge is -2.15. The van der Waals surface area contributed by atoms with E-state index in [-0.39, 0.29) is 23.6 Å². The average molecular weight is 575 g/mol. The molecular weight excluding hydrogens is 556 g/mol. The van der Waals surface area contributed by atoms with Gasteiger partial charge in [0.15, 0.2) is 11.5 Å². The molecule has 33 heavy (non-hydrogen) atoms. The van der Waals surface area contributed by atoms with Crippen molar-refractivity contribution >= 4 is 57.3 Å². The fourth-order valence-corrected chi connectivity index (χ4v) is 4.85. The largest absolute Gasteiger partial charge is 0.490 e. The van der Waals surface area contributed by atoms with E-state index in [1.165, 1.54) is 17.0 Å². The van der Waals surface area contributed by atoms with Gasteiger partial charge >= 0.3 is 0 Å². The molecule has 4 rings (SSSR count). The summed E-state index contributed by atoms with van der Waals surface area (Å²) in [5.74, 6) is 0.432. The van der Waals surface area contributed by atoms with Crippen molar-refractivity contribution in [3.05, 3.63) is 92.1 Å². The van der Waals surface area contributed by atoms with Crippen molar-refractivity contribution in [1.82, 2.24) is 0 Å². The molecule has 0 saturated carbocycles. The van der Waals surface area contributed by atoms with Gasteiger partial charge in [-0.2, -0.15) is 0 Å². The van der Waals surface area contributed by atoms with E-state index in [0.717, 1.165) is 26.5 Å². The Morgan fingerprint density at radius 2 is 1.76 bits per heavy atom. The first-order valence-electron chi connectivity index (χ1n) is 10.1. The summed E-state index contributed by atoms with van der Waals surface area (Å²) in [6.07, 6.45) is 1.68. The Morgan fingerprint density at radius 3 is 2.45 bits per heavy atom. The first-order chi connectivity index (χ1) is 16.0. The highest BCUT2D eigenvalue weighted by molar-refractivity contribution is 14.1. The summed E-state index contributed by atoms with van der Waals surface area (Å²) in [6.45, 7) is 2.55. The highest BCUT2D eigenvalue weighted by atomic mass is 127. The zero-order chi connectivity index (χ0) is 23.4. The first kappa shape index (κ1) is 23.3. The van der Waals surface area contributed by atoms with Crippen LogP contribution in [0.1, 0.15) is 18.1 Å². The second kappa shape index (κ2) is 10.4. The fraction of sp³-hybridized carbons (Fsp3) is 0.120. The lowest BCUT2D eigenvalue weighted by molar-refractivity contribution is -0.113. The molecule has 5 nitrogen and oxygen atoms in total. The Hall–Kier alpha value is -2.85. The minimum atomic E-state index is -0.360. The van der Waals surface area contributed by atoms with Crippen LogP contribution in [0.2, 0.25) is 0 Å². The Morgan fingerprint density at radius 1 is 1.03 bits per heavy atom. The Bertz CT molecular complexity index is 1220. The maximum Gasteiger partial charge on any atom is 0.298 e. The molecule has 1 heterocycles. The number of amides is 2. The Balaban J connectivity index is 1.59.